The first kappa shape index (κ1) is 17.5. The minimum Gasteiger partial charge on any atom is -0.459 e. The van der Waals surface area contributed by atoms with E-state index in [1.165, 1.54) is 0 Å². The van der Waals surface area contributed by atoms with Crippen LogP contribution < -0.4 is 5.32 Å². The van der Waals surface area contributed by atoms with Crippen LogP contribution in [0, 0.1) is 0 Å². The number of ether oxygens (including phenoxy) is 2. The first-order valence-corrected chi connectivity index (χ1v) is 6.79. The van der Waals surface area contributed by atoms with Crippen molar-refractivity contribution in [1.82, 2.24) is 5.32 Å². The summed E-state index contributed by atoms with van der Waals surface area (Å²) in [4.78, 5) is 22.5. The smallest absolute Gasteiger partial charge is 0.407 e. The van der Waals surface area contributed by atoms with Gasteiger partial charge in [0.05, 0.1) is 0 Å². The number of hydrogen-bond donors (Lipinski definition) is 1. The predicted octanol–water partition coefficient (Wildman–Crippen LogP) is 2.80. The van der Waals surface area contributed by atoms with E-state index < -0.39 is 18.2 Å². The molecule has 0 fully saturated rings. The van der Waals surface area contributed by atoms with Crippen molar-refractivity contribution in [3.05, 3.63) is 12.7 Å². The summed E-state index contributed by atoms with van der Waals surface area (Å²) in [5.74, 6) is -0.515. The van der Waals surface area contributed by atoms with Crippen LogP contribution in [-0.2, 0) is 14.3 Å². The molecule has 1 N–H and O–H groups in total. The largest absolute Gasteiger partial charge is 0.459 e. The lowest BCUT2D eigenvalue weighted by atomic mass is 10.1. The molecular weight excluding hydrogens is 246 g/mol. The van der Waals surface area contributed by atoms with Crippen LogP contribution in [0.1, 0.15) is 46.5 Å². The van der Waals surface area contributed by atoms with Gasteiger partial charge in [0.15, 0.2) is 0 Å². The van der Waals surface area contributed by atoms with Crippen molar-refractivity contribution in [1.29, 1.82) is 0 Å². The van der Waals surface area contributed by atoms with Crippen LogP contribution in [0.3, 0.4) is 0 Å². The highest BCUT2D eigenvalue weighted by molar-refractivity contribution is 5.81. The molecule has 0 saturated carbocycles. The van der Waals surface area contributed by atoms with Crippen LogP contribution >= 0.6 is 0 Å². The SMILES string of the molecule is C=CC(=O)OCC(CC)OC(=O)NC(C)CCCC. The Kier molecular flexibility index (Phi) is 9.57. The predicted molar refractivity (Wildman–Crippen MR) is 73.8 cm³/mol. The molecule has 2 atom stereocenters. The van der Waals surface area contributed by atoms with E-state index >= 15 is 0 Å². The van der Waals surface area contributed by atoms with E-state index in [2.05, 4.69) is 18.8 Å². The summed E-state index contributed by atoms with van der Waals surface area (Å²) >= 11 is 0. The zero-order valence-electron chi connectivity index (χ0n) is 12.1. The zero-order valence-corrected chi connectivity index (χ0v) is 12.1. The molecule has 0 aliphatic heterocycles. The number of amides is 1. The molecule has 0 radical (unpaired) electrons. The quantitative estimate of drug-likeness (QED) is 0.517. The number of nitrogens with one attached hydrogen (secondary N) is 1. The fourth-order valence-corrected chi connectivity index (χ4v) is 1.44. The highest BCUT2D eigenvalue weighted by Gasteiger charge is 2.15. The third-order valence-electron chi connectivity index (χ3n) is 2.66. The molecule has 5 heteroatoms. The molecule has 2 unspecified atom stereocenters. The molecule has 0 aliphatic carbocycles. The number of rotatable bonds is 9. The summed E-state index contributed by atoms with van der Waals surface area (Å²) in [5.41, 5.74) is 0. The van der Waals surface area contributed by atoms with Gasteiger partial charge in [-0.2, -0.15) is 0 Å². The maximum Gasteiger partial charge on any atom is 0.407 e. The van der Waals surface area contributed by atoms with Crippen LogP contribution in [0.5, 0.6) is 0 Å². The molecule has 0 spiro atoms. The average molecular weight is 271 g/mol. The molecule has 0 aromatic rings. The number of hydrogen-bond acceptors (Lipinski definition) is 4. The van der Waals surface area contributed by atoms with Gasteiger partial charge in [-0.3, -0.25) is 0 Å². The fourth-order valence-electron chi connectivity index (χ4n) is 1.44. The second-order valence-corrected chi connectivity index (χ2v) is 4.46. The standard InChI is InChI=1S/C14H25NO4/c1-5-8-9-11(4)15-14(17)19-12(6-2)10-18-13(16)7-3/h7,11-12H,3,5-6,8-10H2,1-2,4H3,(H,15,17). The highest BCUT2D eigenvalue weighted by atomic mass is 16.6. The second kappa shape index (κ2) is 10.4. The third kappa shape index (κ3) is 9.11. The van der Waals surface area contributed by atoms with Gasteiger partial charge in [0, 0.05) is 12.1 Å². The minimum atomic E-state index is -0.515. The summed E-state index contributed by atoms with van der Waals surface area (Å²) < 4.78 is 10.0. The van der Waals surface area contributed by atoms with E-state index in [1.54, 1.807) is 0 Å². The van der Waals surface area contributed by atoms with Gasteiger partial charge in [0.1, 0.15) is 12.7 Å². The normalized spacial score (nSPS) is 13.2. The molecule has 0 saturated heterocycles. The summed E-state index contributed by atoms with van der Waals surface area (Å²) in [5, 5.41) is 2.76. The summed E-state index contributed by atoms with van der Waals surface area (Å²) in [6.45, 7) is 9.26. The van der Waals surface area contributed by atoms with Crippen molar-refractivity contribution in [2.24, 2.45) is 0 Å². The molecular formula is C14H25NO4. The van der Waals surface area contributed by atoms with Gasteiger partial charge in [-0.25, -0.2) is 9.59 Å². The molecule has 0 heterocycles. The first-order valence-electron chi connectivity index (χ1n) is 6.79. The summed E-state index contributed by atoms with van der Waals surface area (Å²) in [7, 11) is 0. The summed E-state index contributed by atoms with van der Waals surface area (Å²) in [6, 6.07) is 0.0840. The van der Waals surface area contributed by atoms with E-state index in [4.69, 9.17) is 9.47 Å². The second-order valence-electron chi connectivity index (χ2n) is 4.46. The highest BCUT2D eigenvalue weighted by Crippen LogP contribution is 2.03. The van der Waals surface area contributed by atoms with Crippen LogP contribution in [-0.4, -0.2) is 30.8 Å². The Bertz CT molecular complexity index is 291. The third-order valence-corrected chi connectivity index (χ3v) is 2.66. The van der Waals surface area contributed by atoms with E-state index in [1.807, 2.05) is 13.8 Å². The van der Waals surface area contributed by atoms with E-state index in [0.29, 0.717) is 6.42 Å². The van der Waals surface area contributed by atoms with Crippen molar-refractivity contribution in [2.45, 2.75) is 58.6 Å². The van der Waals surface area contributed by atoms with Crippen molar-refractivity contribution in [3.63, 3.8) is 0 Å². The number of carbonyl (C=O) groups is 2. The fraction of sp³-hybridized carbons (Fsp3) is 0.714. The first-order chi connectivity index (χ1) is 9.03. The molecule has 0 bridgehead atoms. The van der Waals surface area contributed by atoms with Gasteiger partial charge in [-0.1, -0.05) is 33.3 Å². The van der Waals surface area contributed by atoms with Crippen molar-refractivity contribution in [3.8, 4) is 0 Å². The van der Waals surface area contributed by atoms with Crippen LogP contribution in [0.2, 0.25) is 0 Å². The zero-order chi connectivity index (χ0) is 14.7. The Morgan fingerprint density at radius 2 is 2.05 bits per heavy atom. The Balaban J connectivity index is 3.98. The molecule has 19 heavy (non-hydrogen) atoms. The minimum absolute atomic E-state index is 0.0537. The molecule has 0 aliphatic rings. The maximum atomic E-state index is 11.6. The van der Waals surface area contributed by atoms with Crippen LogP contribution in [0.25, 0.3) is 0 Å². The topological polar surface area (TPSA) is 64.6 Å². The number of alkyl carbamates (subject to hydrolysis) is 1. The maximum absolute atomic E-state index is 11.6. The van der Waals surface area contributed by atoms with Crippen LogP contribution in [0.4, 0.5) is 4.79 Å². The van der Waals surface area contributed by atoms with Gasteiger partial charge in [0.2, 0.25) is 0 Å². The Hall–Kier alpha value is -1.52. The lowest BCUT2D eigenvalue weighted by molar-refractivity contribution is -0.140. The Labute approximate surface area is 115 Å². The van der Waals surface area contributed by atoms with E-state index in [0.717, 1.165) is 25.3 Å². The monoisotopic (exact) mass is 271 g/mol. The molecule has 0 aromatic carbocycles. The molecule has 110 valence electrons. The molecule has 0 aromatic heterocycles. The Morgan fingerprint density at radius 3 is 2.58 bits per heavy atom. The number of esters is 1. The number of unbranched alkanes of at least 4 members (excludes halogenated alkanes) is 1. The summed E-state index contributed by atoms with van der Waals surface area (Å²) in [6.07, 6.45) is 3.85. The van der Waals surface area contributed by atoms with Crippen molar-refractivity contribution in [2.75, 3.05) is 6.61 Å². The van der Waals surface area contributed by atoms with Crippen molar-refractivity contribution < 1.29 is 19.1 Å². The van der Waals surface area contributed by atoms with Gasteiger partial charge < -0.3 is 14.8 Å². The van der Waals surface area contributed by atoms with Gasteiger partial charge >= 0.3 is 12.1 Å². The Morgan fingerprint density at radius 1 is 1.37 bits per heavy atom. The van der Waals surface area contributed by atoms with Gasteiger partial charge in [-0.05, 0) is 19.8 Å². The molecule has 5 nitrogen and oxygen atoms in total. The lowest BCUT2D eigenvalue weighted by Gasteiger charge is -2.18. The van der Waals surface area contributed by atoms with E-state index in [9.17, 15) is 9.59 Å². The van der Waals surface area contributed by atoms with Crippen LogP contribution in [0.15, 0.2) is 12.7 Å². The average Bonchev–Trinajstić information content (AvgIpc) is 2.40. The van der Waals surface area contributed by atoms with Gasteiger partial charge in [0.25, 0.3) is 0 Å². The molecule has 1 amide bonds. The van der Waals surface area contributed by atoms with Gasteiger partial charge in [-0.15, -0.1) is 0 Å². The number of carbonyl (C=O) groups excluding carboxylic acids is 2. The van der Waals surface area contributed by atoms with E-state index in [-0.39, 0.29) is 12.6 Å². The lowest BCUT2D eigenvalue weighted by Crippen LogP contribution is -2.36. The van der Waals surface area contributed by atoms with Crippen molar-refractivity contribution >= 4 is 12.1 Å². The molecule has 0 rings (SSSR count).